The summed E-state index contributed by atoms with van der Waals surface area (Å²) >= 11 is 0. The fraction of sp³-hybridized carbons (Fsp3) is 0.696. The average Bonchev–Trinajstić information content (AvgIpc) is 3.04. The third kappa shape index (κ3) is 9.49. The average molecular weight is 530 g/mol. The highest BCUT2D eigenvalue weighted by molar-refractivity contribution is 14.0. The molecule has 6 nitrogen and oxygen atoms in total. The molecule has 1 aromatic rings. The van der Waals surface area contributed by atoms with Crippen LogP contribution in [0.3, 0.4) is 0 Å². The van der Waals surface area contributed by atoms with Crippen molar-refractivity contribution in [3.63, 3.8) is 0 Å². The van der Waals surface area contributed by atoms with Gasteiger partial charge in [-0.1, -0.05) is 37.1 Å². The van der Waals surface area contributed by atoms with E-state index in [-0.39, 0.29) is 24.0 Å². The second-order valence-corrected chi connectivity index (χ2v) is 8.17. The van der Waals surface area contributed by atoms with E-state index in [2.05, 4.69) is 49.7 Å². The van der Waals surface area contributed by atoms with Crippen LogP contribution in [-0.4, -0.2) is 75.3 Å². The van der Waals surface area contributed by atoms with Gasteiger partial charge in [-0.3, -0.25) is 9.89 Å². The van der Waals surface area contributed by atoms with Gasteiger partial charge in [-0.25, -0.2) is 0 Å². The molecule has 0 bridgehead atoms. The smallest absolute Gasteiger partial charge is 0.191 e. The first kappa shape index (κ1) is 25.4. The van der Waals surface area contributed by atoms with Crippen LogP contribution in [0.4, 0.5) is 0 Å². The van der Waals surface area contributed by atoms with Crippen LogP contribution in [0.1, 0.15) is 43.2 Å². The lowest BCUT2D eigenvalue weighted by molar-refractivity contribution is 0.0342. The van der Waals surface area contributed by atoms with Crippen molar-refractivity contribution in [2.24, 2.45) is 4.99 Å². The maximum Gasteiger partial charge on any atom is 0.191 e. The SMILES string of the molecule is CN=C(NCCCN1CCCCCC1)NCc1ccc(CN2CCOCC2)cc1.I. The van der Waals surface area contributed by atoms with Gasteiger partial charge in [0, 0.05) is 39.8 Å². The third-order valence-corrected chi connectivity index (χ3v) is 5.86. The molecule has 170 valence electrons. The van der Waals surface area contributed by atoms with Gasteiger partial charge in [0.2, 0.25) is 0 Å². The molecule has 0 amide bonds. The maximum absolute atomic E-state index is 5.42. The van der Waals surface area contributed by atoms with Crippen molar-refractivity contribution in [3.05, 3.63) is 35.4 Å². The number of ether oxygens (including phenoxy) is 1. The molecule has 0 spiro atoms. The van der Waals surface area contributed by atoms with E-state index >= 15 is 0 Å². The lowest BCUT2D eigenvalue weighted by Crippen LogP contribution is -2.38. The molecule has 2 fully saturated rings. The third-order valence-electron chi connectivity index (χ3n) is 5.86. The van der Waals surface area contributed by atoms with Crippen LogP contribution in [0.2, 0.25) is 0 Å². The highest BCUT2D eigenvalue weighted by Crippen LogP contribution is 2.10. The number of hydrogen-bond acceptors (Lipinski definition) is 4. The van der Waals surface area contributed by atoms with Gasteiger partial charge in [0.25, 0.3) is 0 Å². The van der Waals surface area contributed by atoms with Gasteiger partial charge >= 0.3 is 0 Å². The van der Waals surface area contributed by atoms with Gasteiger partial charge in [-0.15, -0.1) is 24.0 Å². The Labute approximate surface area is 199 Å². The maximum atomic E-state index is 5.42. The summed E-state index contributed by atoms with van der Waals surface area (Å²) in [5.41, 5.74) is 2.65. The van der Waals surface area contributed by atoms with Gasteiger partial charge in [0.1, 0.15) is 0 Å². The molecule has 0 radical (unpaired) electrons. The molecule has 3 rings (SSSR count). The molecule has 2 N–H and O–H groups in total. The zero-order valence-corrected chi connectivity index (χ0v) is 20.9. The van der Waals surface area contributed by atoms with Crippen molar-refractivity contribution in [2.75, 3.05) is 59.5 Å². The van der Waals surface area contributed by atoms with Gasteiger partial charge in [0.15, 0.2) is 5.96 Å². The Morgan fingerprint density at radius 2 is 1.57 bits per heavy atom. The monoisotopic (exact) mass is 529 g/mol. The van der Waals surface area contributed by atoms with Crippen LogP contribution >= 0.6 is 24.0 Å². The summed E-state index contributed by atoms with van der Waals surface area (Å²) in [6.45, 7) is 10.3. The standard InChI is InChI=1S/C23H39N5O.HI/c1-24-23(25-11-6-14-27-12-4-2-3-5-13-27)26-19-21-7-9-22(10-8-21)20-28-15-17-29-18-16-28;/h7-10H,2-6,11-20H2,1H3,(H2,24,25,26);1H. The number of rotatable bonds is 8. The molecule has 30 heavy (non-hydrogen) atoms. The molecule has 0 aromatic heterocycles. The number of halogens is 1. The first-order chi connectivity index (χ1) is 14.3. The lowest BCUT2D eigenvalue weighted by atomic mass is 10.1. The van der Waals surface area contributed by atoms with E-state index in [1.165, 1.54) is 56.4 Å². The van der Waals surface area contributed by atoms with Crippen molar-refractivity contribution in [1.82, 2.24) is 20.4 Å². The minimum Gasteiger partial charge on any atom is -0.379 e. The van der Waals surface area contributed by atoms with Crippen LogP contribution in [-0.2, 0) is 17.8 Å². The Balaban J connectivity index is 0.00000320. The minimum absolute atomic E-state index is 0. The number of aliphatic imine (C=N–C) groups is 1. The number of benzene rings is 1. The number of guanidine groups is 1. The Morgan fingerprint density at radius 3 is 2.23 bits per heavy atom. The molecule has 2 saturated heterocycles. The fourth-order valence-electron chi connectivity index (χ4n) is 4.06. The summed E-state index contributed by atoms with van der Waals surface area (Å²) in [6, 6.07) is 8.92. The van der Waals surface area contributed by atoms with Crippen LogP contribution in [0.5, 0.6) is 0 Å². The van der Waals surface area contributed by atoms with E-state index in [9.17, 15) is 0 Å². The van der Waals surface area contributed by atoms with E-state index in [1.807, 2.05) is 7.05 Å². The molecule has 7 heteroatoms. The molecule has 0 aliphatic carbocycles. The van der Waals surface area contributed by atoms with Gasteiger partial charge in [-0.2, -0.15) is 0 Å². The van der Waals surface area contributed by atoms with Crippen LogP contribution in [0.15, 0.2) is 29.3 Å². The largest absolute Gasteiger partial charge is 0.379 e. The highest BCUT2D eigenvalue weighted by Gasteiger charge is 2.11. The summed E-state index contributed by atoms with van der Waals surface area (Å²) in [5.74, 6) is 0.887. The Kier molecular flexibility index (Phi) is 12.7. The van der Waals surface area contributed by atoms with E-state index in [0.717, 1.165) is 58.3 Å². The van der Waals surface area contributed by atoms with Crippen LogP contribution in [0.25, 0.3) is 0 Å². The van der Waals surface area contributed by atoms with E-state index in [0.29, 0.717) is 0 Å². The van der Waals surface area contributed by atoms with Crippen molar-refractivity contribution < 1.29 is 4.74 Å². The molecular formula is C23H40IN5O. The Hall–Kier alpha value is -0.900. The fourth-order valence-corrected chi connectivity index (χ4v) is 4.06. The molecule has 2 aliphatic heterocycles. The molecular weight excluding hydrogens is 489 g/mol. The molecule has 2 heterocycles. The zero-order valence-electron chi connectivity index (χ0n) is 18.6. The molecule has 1 aromatic carbocycles. The van der Waals surface area contributed by atoms with Gasteiger partial charge in [-0.05, 0) is 50.0 Å². The predicted octanol–water partition coefficient (Wildman–Crippen LogP) is 3.07. The topological polar surface area (TPSA) is 52.1 Å². The summed E-state index contributed by atoms with van der Waals surface area (Å²) in [4.78, 5) is 9.43. The van der Waals surface area contributed by atoms with E-state index < -0.39 is 0 Å². The van der Waals surface area contributed by atoms with Crippen molar-refractivity contribution in [1.29, 1.82) is 0 Å². The van der Waals surface area contributed by atoms with Gasteiger partial charge < -0.3 is 20.3 Å². The molecule has 0 saturated carbocycles. The van der Waals surface area contributed by atoms with Gasteiger partial charge in [0.05, 0.1) is 13.2 Å². The second kappa shape index (κ2) is 15.0. The number of morpholine rings is 1. The van der Waals surface area contributed by atoms with Crippen LogP contribution in [0, 0.1) is 0 Å². The minimum atomic E-state index is 0. The molecule has 0 atom stereocenters. The summed E-state index contributed by atoms with van der Waals surface area (Å²) in [6.07, 6.45) is 6.69. The van der Waals surface area contributed by atoms with Crippen LogP contribution < -0.4 is 10.6 Å². The predicted molar refractivity (Wildman–Crippen MR) is 136 cm³/mol. The first-order valence-corrected chi connectivity index (χ1v) is 11.4. The summed E-state index contributed by atoms with van der Waals surface area (Å²) < 4.78 is 5.42. The zero-order chi connectivity index (χ0) is 20.2. The second-order valence-electron chi connectivity index (χ2n) is 8.17. The van der Waals surface area contributed by atoms with E-state index in [1.54, 1.807) is 0 Å². The summed E-state index contributed by atoms with van der Waals surface area (Å²) in [5, 5.41) is 6.89. The molecule has 2 aliphatic rings. The number of nitrogens with zero attached hydrogens (tertiary/aromatic N) is 3. The van der Waals surface area contributed by atoms with Crippen molar-refractivity contribution in [3.8, 4) is 0 Å². The molecule has 0 unspecified atom stereocenters. The van der Waals surface area contributed by atoms with E-state index in [4.69, 9.17) is 4.74 Å². The van der Waals surface area contributed by atoms with Crippen molar-refractivity contribution >= 4 is 29.9 Å². The Bertz CT molecular complexity index is 596. The quantitative estimate of drug-likeness (QED) is 0.235. The highest BCUT2D eigenvalue weighted by atomic mass is 127. The van der Waals surface area contributed by atoms with Crippen molar-refractivity contribution in [2.45, 2.75) is 45.2 Å². The number of likely N-dealkylation sites (tertiary alicyclic amines) is 1. The lowest BCUT2D eigenvalue weighted by Gasteiger charge is -2.26. The Morgan fingerprint density at radius 1 is 0.900 bits per heavy atom. The number of hydrogen-bond donors (Lipinski definition) is 2. The summed E-state index contributed by atoms with van der Waals surface area (Å²) in [7, 11) is 1.84. The normalized spacial score (nSPS) is 19.0. The number of nitrogens with one attached hydrogen (secondary N) is 2. The first-order valence-electron chi connectivity index (χ1n) is 11.4.